The Morgan fingerprint density at radius 2 is 2.07 bits per heavy atom. The van der Waals surface area contributed by atoms with Gasteiger partial charge in [0.05, 0.1) is 13.0 Å². The van der Waals surface area contributed by atoms with Crippen LogP contribution in [0.15, 0.2) is 52.9 Å². The highest BCUT2D eigenvalue weighted by Crippen LogP contribution is 2.29. The Hall–Kier alpha value is -3.02. The number of nitrogens with zero attached hydrogens (tertiary/aromatic N) is 2. The van der Waals surface area contributed by atoms with Gasteiger partial charge in [-0.1, -0.05) is 30.3 Å². The maximum Gasteiger partial charge on any atom is 0.317 e. The van der Waals surface area contributed by atoms with Crippen molar-refractivity contribution in [1.29, 1.82) is 0 Å². The fourth-order valence-electron chi connectivity index (χ4n) is 3.75. The van der Waals surface area contributed by atoms with Crippen LogP contribution >= 0.6 is 0 Å². The minimum absolute atomic E-state index is 0.0318. The van der Waals surface area contributed by atoms with Gasteiger partial charge in [0.25, 0.3) is 0 Å². The summed E-state index contributed by atoms with van der Waals surface area (Å²) in [4.78, 5) is 19.1. The first-order valence-corrected chi connectivity index (χ1v) is 9.74. The molecule has 6 nitrogen and oxygen atoms in total. The number of piperidine rings is 1. The van der Waals surface area contributed by atoms with Gasteiger partial charge in [-0.3, -0.25) is 0 Å². The number of nitrogens with one attached hydrogen (secondary N) is 1. The number of methoxy groups -OCH3 is 1. The van der Waals surface area contributed by atoms with Crippen LogP contribution in [0.4, 0.5) is 4.79 Å². The Morgan fingerprint density at radius 1 is 1.25 bits per heavy atom. The minimum Gasteiger partial charge on any atom is -0.496 e. The van der Waals surface area contributed by atoms with Crippen molar-refractivity contribution in [2.24, 2.45) is 0 Å². The van der Waals surface area contributed by atoms with E-state index in [1.165, 1.54) is 0 Å². The van der Waals surface area contributed by atoms with Gasteiger partial charge >= 0.3 is 6.03 Å². The van der Waals surface area contributed by atoms with Gasteiger partial charge in [0.2, 0.25) is 0 Å². The third kappa shape index (κ3) is 3.96. The molecule has 1 aliphatic rings. The number of likely N-dealkylation sites (tertiary alicyclic amines) is 1. The van der Waals surface area contributed by atoms with Crippen LogP contribution in [0.3, 0.4) is 0 Å². The second-order valence-electron chi connectivity index (χ2n) is 7.10. The van der Waals surface area contributed by atoms with E-state index in [-0.39, 0.29) is 11.9 Å². The van der Waals surface area contributed by atoms with Crippen molar-refractivity contribution in [3.8, 4) is 5.75 Å². The zero-order valence-corrected chi connectivity index (χ0v) is 16.1. The van der Waals surface area contributed by atoms with E-state index in [0.29, 0.717) is 13.1 Å². The first-order chi connectivity index (χ1) is 13.7. The van der Waals surface area contributed by atoms with Crippen molar-refractivity contribution < 1.29 is 13.9 Å². The molecule has 0 aliphatic carbocycles. The van der Waals surface area contributed by atoms with Gasteiger partial charge in [0, 0.05) is 19.6 Å². The van der Waals surface area contributed by atoms with E-state index in [0.717, 1.165) is 54.1 Å². The quantitative estimate of drug-likeness (QED) is 0.728. The molecule has 2 aromatic carbocycles. The molecule has 1 aromatic heterocycles. The minimum atomic E-state index is -0.0318. The van der Waals surface area contributed by atoms with Gasteiger partial charge in [0.15, 0.2) is 11.5 Å². The van der Waals surface area contributed by atoms with Crippen molar-refractivity contribution in [1.82, 2.24) is 15.2 Å². The van der Waals surface area contributed by atoms with Crippen LogP contribution in [0.2, 0.25) is 0 Å². The van der Waals surface area contributed by atoms with Crippen LogP contribution in [0.25, 0.3) is 11.1 Å². The molecule has 1 fully saturated rings. The molecule has 1 atom stereocenters. The number of oxazole rings is 1. The summed E-state index contributed by atoms with van der Waals surface area (Å²) >= 11 is 0. The molecule has 1 N–H and O–H groups in total. The second-order valence-corrected chi connectivity index (χ2v) is 7.10. The number of hydrogen-bond acceptors (Lipinski definition) is 4. The average molecular weight is 379 g/mol. The predicted octanol–water partition coefficient (Wildman–Crippen LogP) is 3.97. The van der Waals surface area contributed by atoms with Crippen LogP contribution < -0.4 is 10.1 Å². The molecule has 2 heterocycles. The summed E-state index contributed by atoms with van der Waals surface area (Å²) in [6.07, 6.45) is 2.67. The smallest absolute Gasteiger partial charge is 0.317 e. The second kappa shape index (κ2) is 8.33. The molecule has 3 aromatic rings. The molecule has 1 unspecified atom stereocenters. The van der Waals surface area contributed by atoms with Crippen molar-refractivity contribution >= 4 is 17.1 Å². The van der Waals surface area contributed by atoms with E-state index in [4.69, 9.17) is 9.15 Å². The lowest BCUT2D eigenvalue weighted by atomic mass is 9.98. The average Bonchev–Trinajstić information content (AvgIpc) is 3.18. The van der Waals surface area contributed by atoms with Crippen molar-refractivity contribution in [3.05, 3.63) is 60.0 Å². The third-order valence-corrected chi connectivity index (χ3v) is 5.23. The molecule has 0 spiro atoms. The molecule has 28 heavy (non-hydrogen) atoms. The highest BCUT2D eigenvalue weighted by atomic mass is 16.5. The summed E-state index contributed by atoms with van der Waals surface area (Å²) in [6, 6.07) is 15.6. The first kappa shape index (κ1) is 18.3. The Balaban J connectivity index is 1.34. The van der Waals surface area contributed by atoms with Crippen molar-refractivity contribution in [3.63, 3.8) is 0 Å². The highest BCUT2D eigenvalue weighted by molar-refractivity contribution is 5.74. The summed E-state index contributed by atoms with van der Waals surface area (Å²) < 4.78 is 11.3. The number of carbonyl (C=O) groups is 1. The van der Waals surface area contributed by atoms with Crippen LogP contribution in [0, 0.1) is 0 Å². The van der Waals surface area contributed by atoms with Crippen LogP contribution in [0.1, 0.15) is 30.2 Å². The molecule has 1 aliphatic heterocycles. The van der Waals surface area contributed by atoms with E-state index in [1.54, 1.807) is 7.11 Å². The molecule has 0 radical (unpaired) electrons. The molecule has 0 bridgehead atoms. The fourth-order valence-corrected chi connectivity index (χ4v) is 3.75. The van der Waals surface area contributed by atoms with Gasteiger partial charge in [-0.15, -0.1) is 0 Å². The molecular weight excluding hydrogens is 354 g/mol. The number of amides is 2. The van der Waals surface area contributed by atoms with Gasteiger partial charge in [-0.05, 0) is 43.0 Å². The molecule has 0 saturated carbocycles. The zero-order chi connectivity index (χ0) is 19.3. The lowest BCUT2D eigenvalue weighted by Crippen LogP contribution is -2.45. The predicted molar refractivity (Wildman–Crippen MR) is 108 cm³/mol. The van der Waals surface area contributed by atoms with E-state index in [2.05, 4.69) is 10.3 Å². The Morgan fingerprint density at radius 3 is 2.93 bits per heavy atom. The van der Waals surface area contributed by atoms with Gasteiger partial charge in [-0.2, -0.15) is 0 Å². The van der Waals surface area contributed by atoms with Gasteiger partial charge in [-0.25, -0.2) is 9.78 Å². The van der Waals surface area contributed by atoms with E-state index in [9.17, 15) is 4.79 Å². The van der Waals surface area contributed by atoms with Gasteiger partial charge < -0.3 is 19.4 Å². The van der Waals surface area contributed by atoms with Crippen molar-refractivity contribution in [2.75, 3.05) is 26.7 Å². The molecule has 2 amide bonds. The lowest BCUT2D eigenvalue weighted by Gasteiger charge is -2.31. The monoisotopic (exact) mass is 379 g/mol. The largest absolute Gasteiger partial charge is 0.496 e. The topological polar surface area (TPSA) is 67.6 Å². The number of fused-ring (bicyclic) bond motifs is 1. The molecular formula is C22H25N3O3. The number of hydrogen-bond donors (Lipinski definition) is 1. The number of benzene rings is 2. The van der Waals surface area contributed by atoms with Crippen LogP contribution in [0.5, 0.6) is 5.75 Å². The van der Waals surface area contributed by atoms with Gasteiger partial charge in [0.1, 0.15) is 11.3 Å². The SMILES string of the molecule is COc1ccccc1CCNC(=O)N1CCCC(c2nc3ccccc3o2)C1. The Labute approximate surface area is 164 Å². The first-order valence-electron chi connectivity index (χ1n) is 9.74. The molecule has 6 heteroatoms. The Kier molecular flexibility index (Phi) is 5.46. The summed E-state index contributed by atoms with van der Waals surface area (Å²) in [5.74, 6) is 1.72. The zero-order valence-electron chi connectivity index (χ0n) is 16.1. The lowest BCUT2D eigenvalue weighted by molar-refractivity contribution is 0.175. The van der Waals surface area contributed by atoms with E-state index >= 15 is 0 Å². The van der Waals surface area contributed by atoms with E-state index in [1.807, 2.05) is 53.4 Å². The fraction of sp³-hybridized carbons (Fsp3) is 0.364. The molecule has 1 saturated heterocycles. The van der Waals surface area contributed by atoms with Crippen LogP contribution in [-0.4, -0.2) is 42.7 Å². The maximum absolute atomic E-state index is 12.6. The van der Waals surface area contributed by atoms with Crippen LogP contribution in [-0.2, 0) is 6.42 Å². The summed E-state index contributed by atoms with van der Waals surface area (Å²) in [6.45, 7) is 1.97. The number of rotatable bonds is 5. The molecule has 4 rings (SSSR count). The maximum atomic E-state index is 12.6. The summed E-state index contributed by atoms with van der Waals surface area (Å²) in [5, 5.41) is 3.03. The number of ether oxygens (including phenoxy) is 1. The highest BCUT2D eigenvalue weighted by Gasteiger charge is 2.28. The molecule has 146 valence electrons. The third-order valence-electron chi connectivity index (χ3n) is 5.23. The standard InChI is InChI=1S/C22H25N3O3/c1-27-19-10-4-2-7-16(19)12-13-23-22(26)25-14-6-8-17(15-25)21-24-18-9-3-5-11-20(18)28-21/h2-5,7,9-11,17H,6,8,12-15H2,1H3,(H,23,26). The van der Waals surface area contributed by atoms with Crippen molar-refractivity contribution in [2.45, 2.75) is 25.2 Å². The normalized spacial score (nSPS) is 16.9. The Bertz CT molecular complexity index is 920. The number of para-hydroxylation sites is 3. The van der Waals surface area contributed by atoms with E-state index < -0.39 is 0 Å². The summed E-state index contributed by atoms with van der Waals surface area (Å²) in [5.41, 5.74) is 2.76. The number of urea groups is 1. The summed E-state index contributed by atoms with van der Waals surface area (Å²) in [7, 11) is 1.66. The number of aromatic nitrogens is 1. The number of carbonyl (C=O) groups excluding carboxylic acids is 1.